The fourth-order valence-electron chi connectivity index (χ4n) is 3.69. The largest absolute Gasteiger partial charge is 0.334 e. The van der Waals surface area contributed by atoms with Gasteiger partial charge in [0.1, 0.15) is 5.70 Å². The second-order valence-corrected chi connectivity index (χ2v) is 7.58. The lowest BCUT2D eigenvalue weighted by Gasteiger charge is -2.27. The average Bonchev–Trinajstić information content (AvgIpc) is 3.03. The molecule has 148 valence electrons. The Morgan fingerprint density at radius 3 is 2.67 bits per heavy atom. The van der Waals surface area contributed by atoms with Crippen molar-refractivity contribution in [3.63, 3.8) is 0 Å². The zero-order valence-corrected chi connectivity index (χ0v) is 16.5. The van der Waals surface area contributed by atoms with Gasteiger partial charge in [0.05, 0.1) is 18.6 Å². The monoisotopic (exact) mass is 374 g/mol. The smallest absolute Gasteiger partial charge is 0.270 e. The Morgan fingerprint density at radius 2 is 1.96 bits per heavy atom. The highest BCUT2D eigenvalue weighted by molar-refractivity contribution is 6.05. The number of imidazole rings is 1. The molecule has 2 amide bonds. The number of nitrogens with zero attached hydrogens (tertiary/aromatic N) is 4. The van der Waals surface area contributed by atoms with Crippen molar-refractivity contribution in [3.8, 4) is 0 Å². The first-order valence-corrected chi connectivity index (χ1v) is 9.71. The number of carbonyl (C=O) groups excluding carboxylic acids is 2. The van der Waals surface area contributed by atoms with Gasteiger partial charge in [0.2, 0.25) is 5.91 Å². The maximum atomic E-state index is 12.3. The highest BCUT2D eigenvalue weighted by Crippen LogP contribution is 2.22. The molecule has 0 bridgehead atoms. The van der Waals surface area contributed by atoms with Crippen molar-refractivity contribution in [1.29, 1.82) is 0 Å². The number of aryl methyl sites for hydroxylation is 1. The molecule has 0 aliphatic carbocycles. The number of aromatic nitrogens is 2. The lowest BCUT2D eigenvalue weighted by molar-refractivity contribution is -0.135. The Bertz CT molecular complexity index is 718. The molecule has 8 nitrogen and oxygen atoms in total. The zero-order chi connectivity index (χ0) is 19.4. The van der Waals surface area contributed by atoms with Crippen molar-refractivity contribution in [3.05, 3.63) is 23.4 Å². The molecule has 27 heavy (non-hydrogen) atoms. The van der Waals surface area contributed by atoms with Crippen molar-refractivity contribution in [2.45, 2.75) is 32.7 Å². The predicted octanol–water partition coefficient (Wildman–Crippen LogP) is 0.231. The highest BCUT2D eigenvalue weighted by atomic mass is 16.2. The van der Waals surface area contributed by atoms with Crippen LogP contribution in [0.2, 0.25) is 0 Å². The molecule has 0 unspecified atom stereocenters. The van der Waals surface area contributed by atoms with E-state index in [1.54, 1.807) is 13.1 Å². The van der Waals surface area contributed by atoms with Crippen LogP contribution in [0.1, 0.15) is 37.6 Å². The lowest BCUT2D eigenvalue weighted by atomic mass is 10.1. The van der Waals surface area contributed by atoms with Crippen molar-refractivity contribution >= 4 is 17.9 Å². The number of nitrogens with one attached hydrogen (secondary N) is 2. The van der Waals surface area contributed by atoms with E-state index in [-0.39, 0.29) is 24.3 Å². The first kappa shape index (κ1) is 19.6. The molecular weight excluding hydrogens is 344 g/mol. The Labute approximate surface area is 160 Å². The number of likely N-dealkylation sites (N-methyl/N-ethyl adjacent to an activating group) is 1. The number of rotatable bonds is 6. The fourth-order valence-corrected chi connectivity index (χ4v) is 3.69. The van der Waals surface area contributed by atoms with Gasteiger partial charge in [-0.1, -0.05) is 13.8 Å². The third-order valence-electron chi connectivity index (χ3n) is 5.05. The van der Waals surface area contributed by atoms with E-state index in [2.05, 4.69) is 38.9 Å². The molecule has 0 radical (unpaired) electrons. The van der Waals surface area contributed by atoms with Crippen LogP contribution in [0.15, 0.2) is 12.0 Å². The third-order valence-corrected chi connectivity index (χ3v) is 5.05. The van der Waals surface area contributed by atoms with Crippen LogP contribution < -0.4 is 10.6 Å². The van der Waals surface area contributed by atoms with Crippen molar-refractivity contribution in [2.24, 2.45) is 0 Å². The summed E-state index contributed by atoms with van der Waals surface area (Å²) in [6, 6.07) is 0. The molecule has 2 aliphatic heterocycles. The van der Waals surface area contributed by atoms with E-state index < -0.39 is 0 Å². The standard InChI is InChI=1S/C19H30N6O2/c1-14(2)18-15(11-16-19(27)23(3)12-17(26)22-16)21-13-25(18)8-4-7-24-9-5-20-6-10-24/h11,13-14,20H,4-10,12H2,1-3H3,(H,22,26)/b16-11-. The molecule has 0 saturated carbocycles. The van der Waals surface area contributed by atoms with Gasteiger partial charge in [-0.05, 0) is 25.0 Å². The second-order valence-electron chi connectivity index (χ2n) is 7.58. The number of amides is 2. The first-order valence-electron chi connectivity index (χ1n) is 9.71. The van der Waals surface area contributed by atoms with Crippen LogP contribution in [0.3, 0.4) is 0 Å². The summed E-state index contributed by atoms with van der Waals surface area (Å²) in [5, 5.41) is 6.05. The maximum Gasteiger partial charge on any atom is 0.270 e. The maximum absolute atomic E-state index is 12.3. The van der Waals surface area contributed by atoms with Crippen LogP contribution in [-0.2, 0) is 16.1 Å². The van der Waals surface area contributed by atoms with E-state index in [0.29, 0.717) is 5.70 Å². The number of hydrogen-bond donors (Lipinski definition) is 2. The minimum Gasteiger partial charge on any atom is -0.334 e. The number of piperazine rings is 2. The summed E-state index contributed by atoms with van der Waals surface area (Å²) in [5.74, 6) is -0.0897. The van der Waals surface area contributed by atoms with Crippen molar-refractivity contribution < 1.29 is 9.59 Å². The van der Waals surface area contributed by atoms with Gasteiger partial charge in [0, 0.05) is 45.5 Å². The minimum atomic E-state index is -0.183. The van der Waals surface area contributed by atoms with Gasteiger partial charge in [-0.2, -0.15) is 0 Å². The SMILES string of the molecule is CC(C)c1c(/C=C2\NC(=O)CN(C)C2=O)ncn1CCCN1CCNCC1. The van der Waals surface area contributed by atoms with Crippen LogP contribution in [0.5, 0.6) is 0 Å². The van der Waals surface area contributed by atoms with Gasteiger partial charge in [0.25, 0.3) is 5.91 Å². The van der Waals surface area contributed by atoms with E-state index in [1.807, 2.05) is 6.33 Å². The molecule has 3 rings (SSSR count). The summed E-state index contributed by atoms with van der Waals surface area (Å²) in [4.78, 5) is 32.5. The fraction of sp³-hybridized carbons (Fsp3) is 0.632. The van der Waals surface area contributed by atoms with Gasteiger partial charge in [-0.15, -0.1) is 0 Å². The normalized spacial score (nSPS) is 20.6. The van der Waals surface area contributed by atoms with Crippen molar-refractivity contribution in [1.82, 2.24) is 30.0 Å². The van der Waals surface area contributed by atoms with Gasteiger partial charge in [0.15, 0.2) is 0 Å². The van der Waals surface area contributed by atoms with E-state index in [0.717, 1.165) is 57.1 Å². The summed E-state index contributed by atoms with van der Waals surface area (Å²) in [6.07, 6.45) is 4.61. The van der Waals surface area contributed by atoms with Gasteiger partial charge in [-0.3, -0.25) is 9.59 Å². The van der Waals surface area contributed by atoms with Crippen molar-refractivity contribution in [2.75, 3.05) is 46.3 Å². The number of carbonyl (C=O) groups is 2. The molecule has 2 aliphatic rings. The van der Waals surface area contributed by atoms with Crippen LogP contribution in [0.4, 0.5) is 0 Å². The Hall–Kier alpha value is -2.19. The van der Waals surface area contributed by atoms with E-state index in [9.17, 15) is 9.59 Å². The Balaban J connectivity index is 1.72. The van der Waals surface area contributed by atoms with Crippen LogP contribution in [0, 0.1) is 0 Å². The lowest BCUT2D eigenvalue weighted by Crippen LogP contribution is -2.47. The molecule has 1 aromatic heterocycles. The molecule has 0 spiro atoms. The molecule has 2 saturated heterocycles. The Morgan fingerprint density at radius 1 is 1.22 bits per heavy atom. The minimum absolute atomic E-state index is 0.0909. The first-order chi connectivity index (χ1) is 13.0. The van der Waals surface area contributed by atoms with E-state index >= 15 is 0 Å². The highest BCUT2D eigenvalue weighted by Gasteiger charge is 2.26. The zero-order valence-electron chi connectivity index (χ0n) is 16.5. The van der Waals surface area contributed by atoms with Crippen LogP contribution >= 0.6 is 0 Å². The van der Waals surface area contributed by atoms with E-state index in [1.165, 1.54) is 4.90 Å². The third kappa shape index (κ3) is 4.75. The summed E-state index contributed by atoms with van der Waals surface area (Å²) >= 11 is 0. The molecule has 1 aromatic rings. The predicted molar refractivity (Wildman–Crippen MR) is 104 cm³/mol. The Kier molecular flexibility index (Phi) is 6.28. The molecule has 0 atom stereocenters. The van der Waals surface area contributed by atoms with Crippen LogP contribution in [0.25, 0.3) is 6.08 Å². The number of hydrogen-bond acceptors (Lipinski definition) is 5. The molecule has 2 N–H and O–H groups in total. The topological polar surface area (TPSA) is 82.5 Å². The van der Waals surface area contributed by atoms with Gasteiger partial charge >= 0.3 is 0 Å². The molecular formula is C19H30N6O2. The molecule has 2 fully saturated rings. The van der Waals surface area contributed by atoms with Gasteiger partial charge < -0.3 is 25.0 Å². The molecule has 0 aromatic carbocycles. The molecule has 3 heterocycles. The second kappa shape index (κ2) is 8.67. The van der Waals surface area contributed by atoms with Crippen LogP contribution in [-0.4, -0.2) is 77.5 Å². The van der Waals surface area contributed by atoms with E-state index in [4.69, 9.17) is 0 Å². The summed E-state index contributed by atoms with van der Waals surface area (Å²) in [6.45, 7) is 10.6. The average molecular weight is 374 g/mol. The summed E-state index contributed by atoms with van der Waals surface area (Å²) in [7, 11) is 1.63. The molecule has 8 heteroatoms. The summed E-state index contributed by atoms with van der Waals surface area (Å²) < 4.78 is 2.18. The summed E-state index contributed by atoms with van der Waals surface area (Å²) in [5.41, 5.74) is 2.14. The van der Waals surface area contributed by atoms with Gasteiger partial charge in [-0.25, -0.2) is 4.98 Å². The quantitative estimate of drug-likeness (QED) is 0.697.